The predicted molar refractivity (Wildman–Crippen MR) is 68.5 cm³/mol. The third-order valence-electron chi connectivity index (χ3n) is 3.65. The first-order valence-electron chi connectivity index (χ1n) is 6.24. The van der Waals surface area contributed by atoms with Crippen LogP contribution >= 0.6 is 0 Å². The number of carbonyl (C=O) groups excluding carboxylic acids is 3. The summed E-state index contributed by atoms with van der Waals surface area (Å²) in [6.07, 6.45) is -0.858. The molecule has 2 atom stereocenters. The molecule has 1 fully saturated rings. The van der Waals surface area contributed by atoms with Gasteiger partial charge in [-0.1, -0.05) is 6.07 Å². The van der Waals surface area contributed by atoms with E-state index < -0.39 is 24.1 Å². The van der Waals surface area contributed by atoms with E-state index in [9.17, 15) is 19.5 Å². The molecule has 1 aromatic carbocycles. The number of imide groups is 1. The van der Waals surface area contributed by atoms with Crippen molar-refractivity contribution >= 4 is 23.4 Å². The molecule has 0 aliphatic carbocycles. The van der Waals surface area contributed by atoms with Gasteiger partial charge < -0.3 is 16.2 Å². The lowest BCUT2D eigenvalue weighted by Gasteiger charge is -2.33. The number of rotatable bonds is 1. The van der Waals surface area contributed by atoms with E-state index in [0.717, 1.165) is 4.90 Å². The van der Waals surface area contributed by atoms with Gasteiger partial charge in [0.25, 0.3) is 11.8 Å². The van der Waals surface area contributed by atoms with Gasteiger partial charge in [-0.15, -0.1) is 0 Å². The van der Waals surface area contributed by atoms with E-state index in [2.05, 4.69) is 5.32 Å². The fourth-order valence-corrected chi connectivity index (χ4v) is 2.67. The molecular formula is C13H13N3O4. The number of nitrogens with two attached hydrogens (primary N) is 1. The second-order valence-electron chi connectivity index (χ2n) is 4.87. The number of hydrogen-bond acceptors (Lipinski definition) is 5. The summed E-state index contributed by atoms with van der Waals surface area (Å²) in [7, 11) is 0. The van der Waals surface area contributed by atoms with Crippen molar-refractivity contribution in [3.8, 4) is 0 Å². The molecule has 7 heteroatoms. The van der Waals surface area contributed by atoms with Crippen LogP contribution in [0, 0.1) is 0 Å². The van der Waals surface area contributed by atoms with Crippen LogP contribution in [0.2, 0.25) is 0 Å². The first-order chi connectivity index (χ1) is 9.50. The molecule has 2 unspecified atom stereocenters. The average Bonchev–Trinajstić information content (AvgIpc) is 2.64. The van der Waals surface area contributed by atoms with Gasteiger partial charge >= 0.3 is 0 Å². The van der Waals surface area contributed by atoms with Crippen LogP contribution in [0.4, 0.5) is 5.69 Å². The quantitative estimate of drug-likeness (QED) is 0.470. The van der Waals surface area contributed by atoms with Gasteiger partial charge in [-0.25, -0.2) is 0 Å². The van der Waals surface area contributed by atoms with E-state index in [1.807, 2.05) is 0 Å². The predicted octanol–water partition coefficient (Wildman–Crippen LogP) is -0.538. The van der Waals surface area contributed by atoms with Gasteiger partial charge in [0.05, 0.1) is 17.2 Å². The maximum Gasteiger partial charge on any atom is 0.264 e. The monoisotopic (exact) mass is 275 g/mol. The van der Waals surface area contributed by atoms with Crippen molar-refractivity contribution in [2.24, 2.45) is 0 Å². The van der Waals surface area contributed by atoms with Crippen LogP contribution in [-0.2, 0) is 4.79 Å². The van der Waals surface area contributed by atoms with E-state index in [4.69, 9.17) is 5.73 Å². The highest BCUT2D eigenvalue weighted by Gasteiger charge is 2.45. The van der Waals surface area contributed by atoms with Crippen LogP contribution in [0.15, 0.2) is 18.2 Å². The summed E-state index contributed by atoms with van der Waals surface area (Å²) in [6.45, 7) is 0. The van der Waals surface area contributed by atoms with E-state index in [1.54, 1.807) is 12.1 Å². The Kier molecular flexibility index (Phi) is 2.72. The Morgan fingerprint density at radius 2 is 2.00 bits per heavy atom. The standard InChI is InChI=1S/C13H13N3O4/c14-7-3-1-2-6-10(7)13(20)16(12(6)19)8-4-5-9(17)15-11(8)18/h1-3,8,11,18H,4-5,14H2,(H,15,17). The van der Waals surface area contributed by atoms with Gasteiger partial charge in [-0.05, 0) is 18.6 Å². The Morgan fingerprint density at radius 3 is 2.65 bits per heavy atom. The zero-order valence-electron chi connectivity index (χ0n) is 10.5. The lowest BCUT2D eigenvalue weighted by molar-refractivity contribution is -0.129. The van der Waals surface area contributed by atoms with Crippen molar-refractivity contribution < 1.29 is 19.5 Å². The zero-order chi connectivity index (χ0) is 14.4. The molecular weight excluding hydrogens is 262 g/mol. The molecule has 7 nitrogen and oxygen atoms in total. The molecule has 0 radical (unpaired) electrons. The number of nitrogens with one attached hydrogen (secondary N) is 1. The smallest absolute Gasteiger partial charge is 0.264 e. The Balaban J connectivity index is 1.98. The third kappa shape index (κ3) is 1.67. The van der Waals surface area contributed by atoms with Crippen LogP contribution in [0.1, 0.15) is 33.6 Å². The van der Waals surface area contributed by atoms with E-state index in [0.29, 0.717) is 0 Å². The van der Waals surface area contributed by atoms with Crippen molar-refractivity contribution in [1.82, 2.24) is 10.2 Å². The van der Waals surface area contributed by atoms with Gasteiger partial charge in [-0.3, -0.25) is 19.3 Å². The number of benzene rings is 1. The summed E-state index contributed by atoms with van der Waals surface area (Å²) in [4.78, 5) is 36.8. The SMILES string of the molecule is Nc1cccc2c1C(=O)N(C1CCC(=O)NC1O)C2=O. The van der Waals surface area contributed by atoms with Gasteiger partial charge in [0, 0.05) is 12.1 Å². The fourth-order valence-electron chi connectivity index (χ4n) is 2.67. The Bertz CT molecular complexity index is 628. The molecule has 0 bridgehead atoms. The maximum atomic E-state index is 12.4. The lowest BCUT2D eigenvalue weighted by atomic mass is 10.0. The molecule has 104 valence electrons. The number of carbonyl (C=O) groups is 3. The fraction of sp³-hybridized carbons (Fsp3) is 0.308. The van der Waals surface area contributed by atoms with Crippen LogP contribution in [0.5, 0.6) is 0 Å². The molecule has 3 amide bonds. The van der Waals surface area contributed by atoms with Crippen LogP contribution in [-0.4, -0.2) is 40.0 Å². The largest absolute Gasteiger partial charge is 0.398 e. The maximum absolute atomic E-state index is 12.4. The number of anilines is 1. The molecule has 2 heterocycles. The first kappa shape index (κ1) is 12.6. The van der Waals surface area contributed by atoms with E-state index >= 15 is 0 Å². The number of amides is 3. The Morgan fingerprint density at radius 1 is 1.25 bits per heavy atom. The van der Waals surface area contributed by atoms with Gasteiger partial charge in [0.15, 0.2) is 0 Å². The van der Waals surface area contributed by atoms with E-state index in [1.165, 1.54) is 6.07 Å². The number of aliphatic hydroxyl groups is 1. The molecule has 4 N–H and O–H groups in total. The summed E-state index contributed by atoms with van der Waals surface area (Å²) in [5, 5.41) is 12.2. The van der Waals surface area contributed by atoms with Gasteiger partial charge in [0.1, 0.15) is 6.23 Å². The number of aliphatic hydroxyl groups excluding tert-OH is 1. The summed E-state index contributed by atoms with van der Waals surface area (Å²) in [6, 6.07) is 3.91. The highest BCUT2D eigenvalue weighted by atomic mass is 16.3. The van der Waals surface area contributed by atoms with Crippen LogP contribution in [0.3, 0.4) is 0 Å². The number of hydrogen-bond donors (Lipinski definition) is 3. The Labute approximate surface area is 114 Å². The van der Waals surface area contributed by atoms with Gasteiger partial charge in [0.2, 0.25) is 5.91 Å². The topological polar surface area (TPSA) is 113 Å². The second kappa shape index (κ2) is 4.31. The number of nitrogen functional groups attached to an aromatic ring is 1. The van der Waals surface area contributed by atoms with Crippen molar-refractivity contribution in [1.29, 1.82) is 0 Å². The van der Waals surface area contributed by atoms with E-state index in [-0.39, 0.29) is 35.6 Å². The number of fused-ring (bicyclic) bond motifs is 1. The first-order valence-corrected chi connectivity index (χ1v) is 6.24. The summed E-state index contributed by atoms with van der Waals surface area (Å²) < 4.78 is 0. The molecule has 3 rings (SSSR count). The molecule has 1 aromatic rings. The van der Waals surface area contributed by atoms with Crippen LogP contribution in [0.25, 0.3) is 0 Å². The summed E-state index contributed by atoms with van der Waals surface area (Å²) >= 11 is 0. The summed E-state index contributed by atoms with van der Waals surface area (Å²) in [5.74, 6) is -1.31. The van der Waals surface area contributed by atoms with Gasteiger partial charge in [-0.2, -0.15) is 0 Å². The summed E-state index contributed by atoms with van der Waals surface area (Å²) in [5.41, 5.74) is 6.38. The van der Waals surface area contributed by atoms with Crippen molar-refractivity contribution in [3.63, 3.8) is 0 Å². The molecule has 0 spiro atoms. The van der Waals surface area contributed by atoms with Crippen LogP contribution < -0.4 is 11.1 Å². The molecule has 0 aromatic heterocycles. The highest BCUT2D eigenvalue weighted by molar-refractivity contribution is 6.23. The number of piperidine rings is 1. The molecule has 2 aliphatic heterocycles. The van der Waals surface area contributed by atoms with Crippen molar-refractivity contribution in [3.05, 3.63) is 29.3 Å². The van der Waals surface area contributed by atoms with Crippen molar-refractivity contribution in [2.45, 2.75) is 25.1 Å². The molecule has 1 saturated heterocycles. The average molecular weight is 275 g/mol. The number of nitrogens with zero attached hydrogens (tertiary/aromatic N) is 1. The molecule has 20 heavy (non-hydrogen) atoms. The third-order valence-corrected chi connectivity index (χ3v) is 3.65. The lowest BCUT2D eigenvalue weighted by Crippen LogP contribution is -2.57. The highest BCUT2D eigenvalue weighted by Crippen LogP contribution is 2.31. The minimum atomic E-state index is -1.25. The Hall–Kier alpha value is -2.41. The minimum absolute atomic E-state index is 0.157. The molecule has 2 aliphatic rings. The minimum Gasteiger partial charge on any atom is -0.398 e. The second-order valence-corrected chi connectivity index (χ2v) is 4.87. The van der Waals surface area contributed by atoms with Crippen molar-refractivity contribution in [2.75, 3.05) is 5.73 Å². The normalized spacial score (nSPS) is 25.6. The molecule has 0 saturated carbocycles. The zero-order valence-corrected chi connectivity index (χ0v) is 10.5.